The molecular weight excluding hydrogens is 330 g/mol. The predicted octanol–water partition coefficient (Wildman–Crippen LogP) is 4.92. The molecule has 1 heterocycles. The van der Waals surface area contributed by atoms with E-state index in [2.05, 4.69) is 15.5 Å². The highest BCUT2D eigenvalue weighted by atomic mass is 32.1. The van der Waals surface area contributed by atoms with E-state index in [1.165, 1.54) is 16.9 Å². The number of anilines is 1. The zero-order chi connectivity index (χ0) is 17.2. The molecule has 0 saturated heterocycles. The first-order valence-corrected chi connectivity index (χ1v) is 8.71. The summed E-state index contributed by atoms with van der Waals surface area (Å²) in [6, 6.07) is 21.7. The van der Waals surface area contributed by atoms with Gasteiger partial charge in [-0.15, -0.1) is 10.2 Å². The first kappa shape index (κ1) is 15.5. The molecule has 4 nitrogen and oxygen atoms in total. The second-order valence-corrected chi connectivity index (χ2v) is 6.77. The van der Waals surface area contributed by atoms with Crippen LogP contribution in [0.1, 0.15) is 15.9 Å². The summed E-state index contributed by atoms with van der Waals surface area (Å²) in [4.78, 5) is 12.5. The van der Waals surface area contributed by atoms with Crippen molar-refractivity contribution in [3.63, 3.8) is 0 Å². The number of fused-ring (bicyclic) bond motifs is 1. The molecule has 0 radical (unpaired) electrons. The Balaban J connectivity index is 1.55. The van der Waals surface area contributed by atoms with Gasteiger partial charge in [0.2, 0.25) is 5.13 Å². The average molecular weight is 345 g/mol. The van der Waals surface area contributed by atoms with E-state index >= 15 is 0 Å². The summed E-state index contributed by atoms with van der Waals surface area (Å²) in [5.41, 5.74) is 2.79. The third-order valence-corrected chi connectivity index (χ3v) is 4.84. The second kappa shape index (κ2) is 6.45. The Morgan fingerprint density at radius 1 is 0.920 bits per heavy atom. The molecule has 1 aromatic heterocycles. The summed E-state index contributed by atoms with van der Waals surface area (Å²) in [5, 5.41) is 14.5. The molecule has 122 valence electrons. The molecule has 0 spiro atoms. The van der Waals surface area contributed by atoms with Crippen LogP contribution in [0.2, 0.25) is 0 Å². The van der Waals surface area contributed by atoms with Crippen molar-refractivity contribution in [2.45, 2.75) is 6.92 Å². The van der Waals surface area contributed by atoms with Crippen LogP contribution in [0, 0.1) is 6.92 Å². The lowest BCUT2D eigenvalue weighted by Crippen LogP contribution is -2.11. The van der Waals surface area contributed by atoms with Crippen LogP contribution in [-0.4, -0.2) is 16.1 Å². The molecule has 3 aromatic carbocycles. The largest absolute Gasteiger partial charge is 0.296 e. The van der Waals surface area contributed by atoms with E-state index < -0.39 is 0 Å². The second-order valence-electron chi connectivity index (χ2n) is 5.79. The van der Waals surface area contributed by atoms with Gasteiger partial charge in [0.25, 0.3) is 5.91 Å². The lowest BCUT2D eigenvalue weighted by molar-refractivity contribution is 0.102. The molecule has 0 bridgehead atoms. The molecule has 25 heavy (non-hydrogen) atoms. The summed E-state index contributed by atoms with van der Waals surface area (Å²) >= 11 is 1.36. The van der Waals surface area contributed by atoms with Crippen molar-refractivity contribution in [3.8, 4) is 10.6 Å². The molecule has 4 rings (SSSR count). The van der Waals surface area contributed by atoms with Gasteiger partial charge in [-0.25, -0.2) is 0 Å². The van der Waals surface area contributed by atoms with Gasteiger partial charge < -0.3 is 0 Å². The highest BCUT2D eigenvalue weighted by Gasteiger charge is 2.11. The fourth-order valence-electron chi connectivity index (χ4n) is 2.59. The Bertz CT molecular complexity index is 1050. The average Bonchev–Trinajstić information content (AvgIpc) is 3.10. The molecule has 0 aliphatic rings. The monoisotopic (exact) mass is 345 g/mol. The highest BCUT2D eigenvalue weighted by Crippen LogP contribution is 2.27. The number of carbonyl (C=O) groups excluding carboxylic acids is 1. The van der Waals surface area contributed by atoms with Gasteiger partial charge in [0, 0.05) is 11.1 Å². The van der Waals surface area contributed by atoms with E-state index in [1.807, 2.05) is 73.7 Å². The molecule has 0 aliphatic carbocycles. The van der Waals surface area contributed by atoms with Gasteiger partial charge in [0.15, 0.2) is 0 Å². The van der Waals surface area contributed by atoms with Crippen molar-refractivity contribution in [1.29, 1.82) is 0 Å². The van der Waals surface area contributed by atoms with E-state index in [9.17, 15) is 4.79 Å². The van der Waals surface area contributed by atoms with Crippen LogP contribution < -0.4 is 5.32 Å². The number of nitrogens with one attached hydrogen (secondary N) is 1. The highest BCUT2D eigenvalue weighted by molar-refractivity contribution is 7.18. The Hall–Kier alpha value is -3.05. The molecule has 0 unspecified atom stereocenters. The topological polar surface area (TPSA) is 54.9 Å². The quantitative estimate of drug-likeness (QED) is 0.573. The number of aryl methyl sites for hydroxylation is 1. The van der Waals surface area contributed by atoms with Gasteiger partial charge in [-0.2, -0.15) is 0 Å². The van der Waals surface area contributed by atoms with Gasteiger partial charge in [-0.1, -0.05) is 71.5 Å². The Labute approximate surface area is 149 Å². The van der Waals surface area contributed by atoms with E-state index in [-0.39, 0.29) is 5.91 Å². The van der Waals surface area contributed by atoms with Crippen LogP contribution in [0.5, 0.6) is 0 Å². The van der Waals surface area contributed by atoms with E-state index in [4.69, 9.17) is 0 Å². The van der Waals surface area contributed by atoms with Crippen LogP contribution >= 0.6 is 11.3 Å². The van der Waals surface area contributed by atoms with E-state index in [0.717, 1.165) is 21.3 Å². The normalized spacial score (nSPS) is 10.8. The van der Waals surface area contributed by atoms with Crippen molar-refractivity contribution in [3.05, 3.63) is 77.9 Å². The molecule has 0 aliphatic heterocycles. The number of nitrogens with zero attached hydrogens (tertiary/aromatic N) is 2. The zero-order valence-electron chi connectivity index (χ0n) is 13.6. The van der Waals surface area contributed by atoms with Crippen molar-refractivity contribution in [2.75, 3.05) is 5.32 Å². The maximum Gasteiger partial charge on any atom is 0.257 e. The maximum atomic E-state index is 12.5. The van der Waals surface area contributed by atoms with Crippen LogP contribution in [-0.2, 0) is 0 Å². The van der Waals surface area contributed by atoms with Crippen LogP contribution in [0.25, 0.3) is 21.3 Å². The van der Waals surface area contributed by atoms with Crippen LogP contribution in [0.3, 0.4) is 0 Å². The lowest BCUT2D eigenvalue weighted by atomic mass is 10.1. The molecular formula is C20H15N3OS. The minimum atomic E-state index is -0.183. The Kier molecular flexibility index (Phi) is 3.99. The number of rotatable bonds is 3. The summed E-state index contributed by atoms with van der Waals surface area (Å²) in [6.45, 7) is 2.04. The van der Waals surface area contributed by atoms with E-state index in [1.54, 1.807) is 0 Å². The van der Waals surface area contributed by atoms with Gasteiger partial charge in [-0.3, -0.25) is 10.1 Å². The fourth-order valence-corrected chi connectivity index (χ4v) is 3.33. The molecule has 0 atom stereocenters. The standard InChI is InChI=1S/C20H15N3OS/c1-13-6-8-15(9-7-13)19-22-23-20(25-19)21-18(24)17-11-10-14-4-2-3-5-16(14)12-17/h2-12H,1H3,(H,21,23,24). The summed E-state index contributed by atoms with van der Waals surface area (Å²) < 4.78 is 0. The van der Waals surface area contributed by atoms with Gasteiger partial charge in [0.05, 0.1) is 0 Å². The van der Waals surface area contributed by atoms with Crippen molar-refractivity contribution in [2.24, 2.45) is 0 Å². The Morgan fingerprint density at radius 2 is 1.68 bits per heavy atom. The van der Waals surface area contributed by atoms with Crippen molar-refractivity contribution < 1.29 is 4.79 Å². The third-order valence-electron chi connectivity index (χ3n) is 3.96. The molecule has 0 saturated carbocycles. The van der Waals surface area contributed by atoms with Crippen LogP contribution in [0.4, 0.5) is 5.13 Å². The smallest absolute Gasteiger partial charge is 0.257 e. The lowest BCUT2D eigenvalue weighted by Gasteiger charge is -2.03. The van der Waals surface area contributed by atoms with Crippen molar-refractivity contribution >= 4 is 33.1 Å². The first-order valence-electron chi connectivity index (χ1n) is 7.90. The first-order chi connectivity index (χ1) is 12.2. The van der Waals surface area contributed by atoms with Gasteiger partial charge in [-0.05, 0) is 29.8 Å². The predicted molar refractivity (Wildman–Crippen MR) is 102 cm³/mol. The molecule has 1 N–H and O–H groups in total. The molecule has 0 fully saturated rings. The summed E-state index contributed by atoms with van der Waals surface area (Å²) in [6.07, 6.45) is 0. The molecule has 4 aromatic rings. The minimum Gasteiger partial charge on any atom is -0.296 e. The minimum absolute atomic E-state index is 0.183. The maximum absolute atomic E-state index is 12.5. The van der Waals surface area contributed by atoms with Crippen LogP contribution in [0.15, 0.2) is 66.7 Å². The zero-order valence-corrected chi connectivity index (χ0v) is 14.4. The third kappa shape index (κ3) is 3.27. The number of hydrogen-bond acceptors (Lipinski definition) is 4. The number of carbonyl (C=O) groups is 1. The number of hydrogen-bond donors (Lipinski definition) is 1. The Morgan fingerprint density at radius 3 is 2.48 bits per heavy atom. The molecule has 1 amide bonds. The SMILES string of the molecule is Cc1ccc(-c2nnc(NC(=O)c3ccc4ccccc4c3)s2)cc1. The number of amides is 1. The van der Waals surface area contributed by atoms with E-state index in [0.29, 0.717) is 10.7 Å². The summed E-state index contributed by atoms with van der Waals surface area (Å²) in [5.74, 6) is -0.183. The number of benzene rings is 3. The molecule has 5 heteroatoms. The van der Waals surface area contributed by atoms with Crippen molar-refractivity contribution in [1.82, 2.24) is 10.2 Å². The van der Waals surface area contributed by atoms with Gasteiger partial charge >= 0.3 is 0 Å². The number of aromatic nitrogens is 2. The fraction of sp³-hybridized carbons (Fsp3) is 0.0500. The summed E-state index contributed by atoms with van der Waals surface area (Å²) in [7, 11) is 0. The van der Waals surface area contributed by atoms with Gasteiger partial charge in [0.1, 0.15) is 5.01 Å².